The van der Waals surface area contributed by atoms with Crippen LogP contribution in [0.4, 0.5) is 0 Å². The first-order valence-corrected chi connectivity index (χ1v) is 8.39. The van der Waals surface area contributed by atoms with Gasteiger partial charge in [-0.05, 0) is 49.1 Å². The van der Waals surface area contributed by atoms with E-state index >= 15 is 0 Å². The molecular weight excluding hydrogens is 331 g/mol. The van der Waals surface area contributed by atoms with Crippen molar-refractivity contribution in [3.05, 3.63) is 59.1 Å². The summed E-state index contributed by atoms with van der Waals surface area (Å²) in [5.74, 6) is -0.211. The maximum Gasteiger partial charge on any atom is 0.305 e. The van der Waals surface area contributed by atoms with Gasteiger partial charge in [-0.25, -0.2) is 0 Å². The molecule has 0 bridgehead atoms. The van der Waals surface area contributed by atoms with Gasteiger partial charge in [-0.1, -0.05) is 48.0 Å². The van der Waals surface area contributed by atoms with Gasteiger partial charge in [-0.15, -0.1) is 11.6 Å². The number of rotatable bonds is 6. The monoisotopic (exact) mass is 350 g/mol. The molecule has 1 atom stereocenters. The summed E-state index contributed by atoms with van der Waals surface area (Å²) in [6, 6.07) is 15.8. The summed E-state index contributed by atoms with van der Waals surface area (Å²) in [6.45, 7) is 4.12. The Morgan fingerprint density at radius 1 is 1.04 bits per heavy atom. The molecule has 2 aromatic carbocycles. The number of hydrogen-bond donors (Lipinski definition) is 0. The Kier molecular flexibility index (Phi) is 6.09. The number of carbonyl (C=O) groups excluding carboxylic acids is 1. The lowest BCUT2D eigenvalue weighted by Gasteiger charge is -2.22. The summed E-state index contributed by atoms with van der Waals surface area (Å²) < 4.78 is 4.95. The third-order valence-electron chi connectivity index (χ3n) is 3.77. The highest BCUT2D eigenvalue weighted by Gasteiger charge is 2.24. The molecule has 122 valence electrons. The lowest BCUT2D eigenvalue weighted by atomic mass is 9.93. The van der Waals surface area contributed by atoms with Crippen molar-refractivity contribution in [1.29, 1.82) is 0 Å². The normalized spacial score (nSPS) is 13.4. The minimum absolute atomic E-state index is 0.211. The topological polar surface area (TPSA) is 26.3 Å². The number of esters is 1. The van der Waals surface area contributed by atoms with Crippen LogP contribution in [0.3, 0.4) is 0 Å². The molecule has 2 aromatic rings. The molecule has 0 N–H and O–H groups in total. The van der Waals surface area contributed by atoms with Gasteiger partial charge in [0.2, 0.25) is 0 Å². The van der Waals surface area contributed by atoms with E-state index in [-0.39, 0.29) is 5.97 Å². The minimum atomic E-state index is -0.592. The lowest BCUT2D eigenvalue weighted by Crippen LogP contribution is -2.16. The molecule has 2 nitrogen and oxygen atoms in total. The van der Waals surface area contributed by atoms with E-state index in [2.05, 4.69) is 0 Å². The molecule has 0 aliphatic heterocycles. The van der Waals surface area contributed by atoms with Crippen molar-refractivity contribution in [2.75, 3.05) is 6.61 Å². The first-order valence-electron chi connectivity index (χ1n) is 7.63. The van der Waals surface area contributed by atoms with Crippen molar-refractivity contribution in [3.63, 3.8) is 0 Å². The highest BCUT2D eigenvalue weighted by Crippen LogP contribution is 2.35. The molecule has 0 fully saturated rings. The first-order chi connectivity index (χ1) is 10.9. The fourth-order valence-electron chi connectivity index (χ4n) is 2.37. The second-order valence-electron chi connectivity index (χ2n) is 5.59. The third kappa shape index (κ3) is 4.98. The van der Waals surface area contributed by atoms with Gasteiger partial charge in [0.25, 0.3) is 0 Å². The van der Waals surface area contributed by atoms with Crippen LogP contribution in [0.15, 0.2) is 48.5 Å². The second-order valence-corrected chi connectivity index (χ2v) is 6.86. The molecule has 0 heterocycles. The van der Waals surface area contributed by atoms with E-state index in [1.165, 1.54) is 0 Å². The van der Waals surface area contributed by atoms with E-state index in [0.29, 0.717) is 19.4 Å². The SMILES string of the molecule is CCOC(=O)CCC(C)(Cl)c1ccc(-c2ccc(Cl)cc2)cc1. The molecule has 0 aromatic heterocycles. The maximum absolute atomic E-state index is 11.5. The smallest absolute Gasteiger partial charge is 0.305 e. The van der Waals surface area contributed by atoms with Crippen LogP contribution in [-0.2, 0) is 14.4 Å². The van der Waals surface area contributed by atoms with Gasteiger partial charge in [0.15, 0.2) is 0 Å². The van der Waals surface area contributed by atoms with E-state index in [1.807, 2.05) is 55.5 Å². The highest BCUT2D eigenvalue weighted by molar-refractivity contribution is 6.30. The van der Waals surface area contributed by atoms with Crippen LogP contribution in [0, 0.1) is 0 Å². The van der Waals surface area contributed by atoms with Crippen molar-refractivity contribution >= 4 is 29.2 Å². The van der Waals surface area contributed by atoms with Gasteiger partial charge >= 0.3 is 5.97 Å². The number of carbonyl (C=O) groups is 1. The molecule has 23 heavy (non-hydrogen) atoms. The standard InChI is InChI=1S/C19H20Cl2O2/c1-3-23-18(22)12-13-19(2,21)16-8-4-14(5-9-16)15-6-10-17(20)11-7-15/h4-11H,3,12-13H2,1-2H3. The minimum Gasteiger partial charge on any atom is -0.466 e. The summed E-state index contributed by atoms with van der Waals surface area (Å²) in [6.07, 6.45) is 0.848. The summed E-state index contributed by atoms with van der Waals surface area (Å²) in [4.78, 5) is 10.9. The van der Waals surface area contributed by atoms with Gasteiger partial charge in [0, 0.05) is 11.4 Å². The van der Waals surface area contributed by atoms with Gasteiger partial charge in [-0.2, -0.15) is 0 Å². The molecule has 0 saturated heterocycles. The zero-order valence-electron chi connectivity index (χ0n) is 13.3. The molecule has 4 heteroatoms. The summed E-state index contributed by atoms with van der Waals surface area (Å²) in [5, 5.41) is 0.720. The molecule has 1 unspecified atom stereocenters. The first kappa shape index (κ1) is 17.8. The van der Waals surface area contributed by atoms with E-state index in [0.717, 1.165) is 21.7 Å². The molecule has 0 aliphatic rings. The van der Waals surface area contributed by atoms with E-state index in [9.17, 15) is 4.79 Å². The average Bonchev–Trinajstić information content (AvgIpc) is 2.54. The van der Waals surface area contributed by atoms with Crippen molar-refractivity contribution < 1.29 is 9.53 Å². The Hall–Kier alpha value is -1.51. The van der Waals surface area contributed by atoms with Crippen molar-refractivity contribution in [3.8, 4) is 11.1 Å². The lowest BCUT2D eigenvalue weighted by molar-refractivity contribution is -0.143. The third-order valence-corrected chi connectivity index (χ3v) is 4.43. The molecule has 0 spiro atoms. The molecule has 0 amide bonds. The Bertz CT molecular complexity index is 646. The van der Waals surface area contributed by atoms with Crippen molar-refractivity contribution in [1.82, 2.24) is 0 Å². The van der Waals surface area contributed by atoms with Crippen LogP contribution in [0.25, 0.3) is 11.1 Å². The van der Waals surface area contributed by atoms with Crippen LogP contribution in [-0.4, -0.2) is 12.6 Å². The summed E-state index contributed by atoms with van der Waals surface area (Å²) in [7, 11) is 0. The molecule has 2 rings (SSSR count). The fraction of sp³-hybridized carbons (Fsp3) is 0.316. The molecular formula is C19H20Cl2O2. The Labute approximate surface area is 147 Å². The predicted octanol–water partition coefficient (Wildman–Crippen LogP) is 5.80. The average molecular weight is 351 g/mol. The fourth-order valence-corrected chi connectivity index (χ4v) is 2.71. The van der Waals surface area contributed by atoms with E-state index in [4.69, 9.17) is 27.9 Å². The van der Waals surface area contributed by atoms with Gasteiger partial charge < -0.3 is 4.74 Å². The van der Waals surface area contributed by atoms with Crippen molar-refractivity contribution in [2.24, 2.45) is 0 Å². The van der Waals surface area contributed by atoms with E-state index in [1.54, 1.807) is 6.92 Å². The summed E-state index contributed by atoms with van der Waals surface area (Å²) >= 11 is 12.5. The number of alkyl halides is 1. The van der Waals surface area contributed by atoms with Gasteiger partial charge in [0.1, 0.15) is 0 Å². The Morgan fingerprint density at radius 2 is 1.57 bits per heavy atom. The van der Waals surface area contributed by atoms with Crippen molar-refractivity contribution in [2.45, 2.75) is 31.6 Å². The predicted molar refractivity (Wildman–Crippen MR) is 96.0 cm³/mol. The second kappa shape index (κ2) is 7.85. The van der Waals surface area contributed by atoms with Gasteiger partial charge in [0.05, 0.1) is 11.5 Å². The number of benzene rings is 2. The van der Waals surface area contributed by atoms with Crippen LogP contribution >= 0.6 is 23.2 Å². The van der Waals surface area contributed by atoms with Crippen LogP contribution in [0.1, 0.15) is 32.3 Å². The largest absolute Gasteiger partial charge is 0.466 e. The Balaban J connectivity index is 2.08. The van der Waals surface area contributed by atoms with Crippen LogP contribution in [0.5, 0.6) is 0 Å². The highest BCUT2D eigenvalue weighted by atomic mass is 35.5. The van der Waals surface area contributed by atoms with Crippen LogP contribution < -0.4 is 0 Å². The van der Waals surface area contributed by atoms with Gasteiger partial charge in [-0.3, -0.25) is 4.79 Å². The molecule has 0 aliphatic carbocycles. The number of halogens is 2. The summed E-state index contributed by atoms with van der Waals surface area (Å²) in [5.41, 5.74) is 3.19. The molecule has 0 radical (unpaired) electrons. The zero-order valence-corrected chi connectivity index (χ0v) is 14.8. The number of ether oxygens (including phenoxy) is 1. The zero-order chi connectivity index (χ0) is 16.9. The van der Waals surface area contributed by atoms with E-state index < -0.39 is 4.87 Å². The number of hydrogen-bond acceptors (Lipinski definition) is 2. The molecule has 0 saturated carbocycles. The van der Waals surface area contributed by atoms with Crippen LogP contribution in [0.2, 0.25) is 5.02 Å². The maximum atomic E-state index is 11.5. The Morgan fingerprint density at radius 3 is 2.09 bits per heavy atom. The quantitative estimate of drug-likeness (QED) is 0.485.